The van der Waals surface area contributed by atoms with Crippen LogP contribution in [0, 0.1) is 0 Å². The zero-order valence-electron chi connectivity index (χ0n) is 8.87. The molecular formula is C12H13BrN2O. The van der Waals surface area contributed by atoms with Crippen LogP contribution >= 0.6 is 15.9 Å². The van der Waals surface area contributed by atoms with Crippen LogP contribution in [0.3, 0.4) is 0 Å². The van der Waals surface area contributed by atoms with Gasteiger partial charge < -0.3 is 9.72 Å². The van der Waals surface area contributed by atoms with Crippen molar-refractivity contribution >= 4 is 27.0 Å². The smallest absolute Gasteiger partial charge is 0.109 e. The van der Waals surface area contributed by atoms with Gasteiger partial charge in [0.05, 0.1) is 17.1 Å². The van der Waals surface area contributed by atoms with E-state index in [0.717, 1.165) is 40.8 Å². The lowest BCUT2D eigenvalue weighted by atomic mass is 10.2. The Morgan fingerprint density at radius 2 is 2.44 bits per heavy atom. The summed E-state index contributed by atoms with van der Waals surface area (Å²) in [5, 5.41) is 0. The second-order valence-corrected chi connectivity index (χ2v) is 5.10. The molecule has 2 heterocycles. The largest absolute Gasteiger partial charge is 0.378 e. The summed E-state index contributed by atoms with van der Waals surface area (Å²) in [7, 11) is 0. The number of ether oxygens (including phenoxy) is 1. The molecule has 1 aromatic carbocycles. The first kappa shape index (κ1) is 10.3. The Balaban J connectivity index is 1.86. The van der Waals surface area contributed by atoms with Crippen molar-refractivity contribution in [1.29, 1.82) is 0 Å². The lowest BCUT2D eigenvalue weighted by molar-refractivity contribution is 0.110. The van der Waals surface area contributed by atoms with Crippen molar-refractivity contribution in [3.63, 3.8) is 0 Å². The Labute approximate surface area is 102 Å². The zero-order valence-corrected chi connectivity index (χ0v) is 10.5. The summed E-state index contributed by atoms with van der Waals surface area (Å²) in [4.78, 5) is 7.90. The van der Waals surface area contributed by atoms with Crippen molar-refractivity contribution in [1.82, 2.24) is 9.97 Å². The minimum Gasteiger partial charge on any atom is -0.378 e. The molecule has 1 unspecified atom stereocenters. The number of nitrogens with one attached hydrogen (secondary N) is 1. The maximum absolute atomic E-state index is 5.61. The van der Waals surface area contributed by atoms with Gasteiger partial charge in [-0.2, -0.15) is 0 Å². The third-order valence-electron chi connectivity index (χ3n) is 2.94. The van der Waals surface area contributed by atoms with E-state index in [9.17, 15) is 0 Å². The van der Waals surface area contributed by atoms with Crippen molar-refractivity contribution in [2.75, 3.05) is 6.61 Å². The van der Waals surface area contributed by atoms with Crippen molar-refractivity contribution in [2.45, 2.75) is 25.4 Å². The van der Waals surface area contributed by atoms with E-state index in [1.54, 1.807) is 0 Å². The fourth-order valence-electron chi connectivity index (χ4n) is 2.15. The van der Waals surface area contributed by atoms with Crippen LogP contribution in [0.25, 0.3) is 11.0 Å². The molecule has 1 atom stereocenters. The third kappa shape index (κ3) is 1.99. The molecule has 84 valence electrons. The Kier molecular flexibility index (Phi) is 2.69. The molecule has 1 fully saturated rings. The number of hydrogen-bond acceptors (Lipinski definition) is 2. The van der Waals surface area contributed by atoms with Gasteiger partial charge in [-0.15, -0.1) is 0 Å². The number of halogens is 1. The van der Waals surface area contributed by atoms with E-state index in [4.69, 9.17) is 4.74 Å². The van der Waals surface area contributed by atoms with Gasteiger partial charge in [0.1, 0.15) is 5.82 Å². The van der Waals surface area contributed by atoms with Crippen LogP contribution in [0.2, 0.25) is 0 Å². The predicted molar refractivity (Wildman–Crippen MR) is 66.5 cm³/mol. The summed E-state index contributed by atoms with van der Waals surface area (Å²) in [6.07, 6.45) is 3.58. The van der Waals surface area contributed by atoms with Gasteiger partial charge in [-0.25, -0.2) is 4.98 Å². The molecule has 2 aromatic rings. The number of fused-ring (bicyclic) bond motifs is 1. The Bertz CT molecular complexity index is 503. The van der Waals surface area contributed by atoms with Crippen LogP contribution in [0.1, 0.15) is 18.7 Å². The zero-order chi connectivity index (χ0) is 11.0. The molecule has 0 saturated carbocycles. The van der Waals surface area contributed by atoms with Gasteiger partial charge in [0.25, 0.3) is 0 Å². The topological polar surface area (TPSA) is 37.9 Å². The van der Waals surface area contributed by atoms with Crippen LogP contribution < -0.4 is 0 Å². The fourth-order valence-corrected chi connectivity index (χ4v) is 2.51. The summed E-state index contributed by atoms with van der Waals surface area (Å²) in [5.41, 5.74) is 2.11. The molecule has 0 spiro atoms. The van der Waals surface area contributed by atoms with Crippen LogP contribution in [0.4, 0.5) is 0 Å². The molecule has 0 bridgehead atoms. The molecule has 16 heavy (non-hydrogen) atoms. The first-order valence-corrected chi connectivity index (χ1v) is 6.36. The fraction of sp³-hybridized carbons (Fsp3) is 0.417. The highest BCUT2D eigenvalue weighted by molar-refractivity contribution is 9.10. The number of benzene rings is 1. The molecule has 3 rings (SSSR count). The number of hydrogen-bond donors (Lipinski definition) is 1. The standard InChI is InChI=1S/C12H13BrN2O/c13-8-3-4-10-11(6-8)15-12(14-10)7-9-2-1-5-16-9/h3-4,6,9H,1-2,5,7H2,(H,14,15). The van der Waals surface area contributed by atoms with Gasteiger partial charge in [-0.3, -0.25) is 0 Å². The summed E-state index contributed by atoms with van der Waals surface area (Å²) < 4.78 is 6.68. The average molecular weight is 281 g/mol. The van der Waals surface area contributed by atoms with Crippen LogP contribution in [0.15, 0.2) is 22.7 Å². The van der Waals surface area contributed by atoms with Crippen LogP contribution in [0.5, 0.6) is 0 Å². The van der Waals surface area contributed by atoms with Gasteiger partial charge in [0, 0.05) is 17.5 Å². The van der Waals surface area contributed by atoms with E-state index >= 15 is 0 Å². The molecular weight excluding hydrogens is 268 g/mol. The summed E-state index contributed by atoms with van der Waals surface area (Å²) in [6.45, 7) is 0.899. The average Bonchev–Trinajstić information content (AvgIpc) is 2.86. The lowest BCUT2D eigenvalue weighted by Gasteiger charge is -2.05. The van der Waals surface area contributed by atoms with Crippen molar-refractivity contribution < 1.29 is 4.74 Å². The van der Waals surface area contributed by atoms with Crippen molar-refractivity contribution in [3.8, 4) is 0 Å². The van der Waals surface area contributed by atoms with Gasteiger partial charge >= 0.3 is 0 Å². The SMILES string of the molecule is Brc1ccc2nc(CC3CCCO3)[nH]c2c1. The summed E-state index contributed by atoms with van der Waals surface area (Å²) in [6, 6.07) is 6.09. The number of aromatic amines is 1. The maximum atomic E-state index is 5.61. The molecule has 1 aliphatic heterocycles. The normalized spacial score (nSPS) is 20.7. The highest BCUT2D eigenvalue weighted by Gasteiger charge is 2.17. The summed E-state index contributed by atoms with van der Waals surface area (Å²) in [5.74, 6) is 1.03. The number of aromatic nitrogens is 2. The number of imidazole rings is 1. The molecule has 1 aromatic heterocycles. The van der Waals surface area contributed by atoms with Crippen LogP contribution in [-0.4, -0.2) is 22.7 Å². The maximum Gasteiger partial charge on any atom is 0.109 e. The predicted octanol–water partition coefficient (Wildman–Crippen LogP) is 3.05. The van der Waals surface area contributed by atoms with Crippen molar-refractivity contribution in [3.05, 3.63) is 28.5 Å². The Morgan fingerprint density at radius 3 is 3.25 bits per heavy atom. The summed E-state index contributed by atoms with van der Waals surface area (Å²) >= 11 is 3.46. The molecule has 1 aliphatic rings. The molecule has 3 nitrogen and oxygen atoms in total. The molecule has 1 N–H and O–H groups in total. The van der Waals surface area contributed by atoms with Gasteiger partial charge in [0.15, 0.2) is 0 Å². The monoisotopic (exact) mass is 280 g/mol. The first-order chi connectivity index (χ1) is 7.81. The highest BCUT2D eigenvalue weighted by Crippen LogP contribution is 2.20. The van der Waals surface area contributed by atoms with E-state index in [-0.39, 0.29) is 0 Å². The quantitative estimate of drug-likeness (QED) is 0.918. The Hall–Kier alpha value is -0.870. The van der Waals surface area contributed by atoms with Gasteiger partial charge in [-0.1, -0.05) is 15.9 Å². The molecule has 0 aliphatic carbocycles. The Morgan fingerprint density at radius 1 is 1.50 bits per heavy atom. The molecule has 0 radical (unpaired) electrons. The molecule has 4 heteroatoms. The first-order valence-electron chi connectivity index (χ1n) is 5.57. The van der Waals surface area contributed by atoms with E-state index in [1.807, 2.05) is 12.1 Å². The van der Waals surface area contributed by atoms with Gasteiger partial charge in [-0.05, 0) is 31.0 Å². The van der Waals surface area contributed by atoms with E-state index in [1.165, 1.54) is 6.42 Å². The second-order valence-electron chi connectivity index (χ2n) is 4.18. The van der Waals surface area contributed by atoms with Gasteiger partial charge in [0.2, 0.25) is 0 Å². The lowest BCUT2D eigenvalue weighted by Crippen LogP contribution is -2.09. The minimum absolute atomic E-state index is 0.351. The number of nitrogens with zero attached hydrogens (tertiary/aromatic N) is 1. The van der Waals surface area contributed by atoms with E-state index in [0.29, 0.717) is 6.10 Å². The van der Waals surface area contributed by atoms with E-state index < -0.39 is 0 Å². The van der Waals surface area contributed by atoms with Crippen molar-refractivity contribution in [2.24, 2.45) is 0 Å². The van der Waals surface area contributed by atoms with E-state index in [2.05, 4.69) is 32.0 Å². The number of rotatable bonds is 2. The van der Waals surface area contributed by atoms with Crippen LogP contribution in [-0.2, 0) is 11.2 Å². The molecule has 0 amide bonds. The highest BCUT2D eigenvalue weighted by atomic mass is 79.9. The second kappa shape index (κ2) is 4.18. The third-order valence-corrected chi connectivity index (χ3v) is 3.43. The minimum atomic E-state index is 0.351. The number of H-pyrrole nitrogens is 1. The molecule has 1 saturated heterocycles.